The second-order valence-corrected chi connectivity index (χ2v) is 5.58. The van der Waals surface area contributed by atoms with Crippen LogP contribution < -0.4 is 10.6 Å². The van der Waals surface area contributed by atoms with Crippen molar-refractivity contribution in [3.05, 3.63) is 59.7 Å². The Labute approximate surface area is 118 Å². The minimum absolute atomic E-state index is 0.358. The zero-order valence-corrected chi connectivity index (χ0v) is 11.4. The van der Waals surface area contributed by atoms with Crippen LogP contribution in [0.15, 0.2) is 48.5 Å². The van der Waals surface area contributed by atoms with Crippen molar-refractivity contribution in [3.8, 4) is 0 Å². The van der Waals surface area contributed by atoms with Crippen LogP contribution in [0.25, 0.3) is 0 Å². The van der Waals surface area contributed by atoms with Gasteiger partial charge in [-0.2, -0.15) is 26.3 Å². The zero-order valence-electron chi connectivity index (χ0n) is 10.4. The van der Waals surface area contributed by atoms with E-state index in [2.05, 4.69) is 0 Å². The van der Waals surface area contributed by atoms with E-state index >= 15 is 0 Å². The van der Waals surface area contributed by atoms with Crippen LogP contribution in [0.2, 0.25) is 0 Å². The predicted molar refractivity (Wildman–Crippen MR) is 70.5 cm³/mol. The standard InChI is InChI=1S/C14H9F6P/c15-13(16,17)10-7-4-8-11(12(10)14(18,19)20)21-9-5-2-1-3-6-9/h1-8,21H. The van der Waals surface area contributed by atoms with Crippen LogP contribution in [0.5, 0.6) is 0 Å². The van der Waals surface area contributed by atoms with E-state index in [-0.39, 0.29) is 5.30 Å². The Kier molecular flexibility index (Phi) is 4.28. The van der Waals surface area contributed by atoms with Crippen molar-refractivity contribution in [2.75, 3.05) is 0 Å². The molecule has 21 heavy (non-hydrogen) atoms. The average Bonchev–Trinajstić information content (AvgIpc) is 2.37. The van der Waals surface area contributed by atoms with Gasteiger partial charge in [0.1, 0.15) is 0 Å². The van der Waals surface area contributed by atoms with Crippen LogP contribution in [0, 0.1) is 0 Å². The summed E-state index contributed by atoms with van der Waals surface area (Å²) in [5.41, 5.74) is -3.24. The van der Waals surface area contributed by atoms with Gasteiger partial charge in [-0.15, -0.1) is 0 Å². The lowest BCUT2D eigenvalue weighted by atomic mass is 10.1. The van der Waals surface area contributed by atoms with E-state index in [1.807, 2.05) is 0 Å². The summed E-state index contributed by atoms with van der Waals surface area (Å²) in [6.45, 7) is 0. The fourth-order valence-corrected chi connectivity index (χ4v) is 3.13. The van der Waals surface area contributed by atoms with Crippen molar-refractivity contribution in [2.45, 2.75) is 12.4 Å². The number of rotatable bonds is 2. The summed E-state index contributed by atoms with van der Waals surface area (Å²) in [5.74, 6) is 0. The molecule has 2 aromatic carbocycles. The minimum Gasteiger partial charge on any atom is -0.166 e. The van der Waals surface area contributed by atoms with Crippen molar-refractivity contribution in [3.63, 3.8) is 0 Å². The van der Waals surface area contributed by atoms with Gasteiger partial charge in [-0.05, 0) is 16.7 Å². The van der Waals surface area contributed by atoms with Gasteiger partial charge >= 0.3 is 12.4 Å². The summed E-state index contributed by atoms with van der Waals surface area (Å²) in [5, 5.41) is 0.186. The van der Waals surface area contributed by atoms with Crippen LogP contribution in [0.3, 0.4) is 0 Å². The van der Waals surface area contributed by atoms with Gasteiger partial charge in [0.05, 0.1) is 11.1 Å². The van der Waals surface area contributed by atoms with E-state index in [1.165, 1.54) is 0 Å². The molecule has 0 saturated carbocycles. The normalized spacial score (nSPS) is 13.0. The first-order valence-corrected chi connectivity index (χ1v) is 6.79. The molecule has 0 aliphatic heterocycles. The Balaban J connectivity index is 2.56. The molecule has 0 fully saturated rings. The third-order valence-electron chi connectivity index (χ3n) is 2.71. The maximum Gasteiger partial charge on any atom is 0.417 e. The number of alkyl halides is 6. The Bertz CT molecular complexity index is 616. The van der Waals surface area contributed by atoms with E-state index in [0.29, 0.717) is 11.4 Å². The Morgan fingerprint density at radius 1 is 0.667 bits per heavy atom. The van der Waals surface area contributed by atoms with Gasteiger partial charge in [0, 0.05) is 0 Å². The van der Waals surface area contributed by atoms with Crippen LogP contribution in [-0.4, -0.2) is 0 Å². The van der Waals surface area contributed by atoms with E-state index in [1.54, 1.807) is 30.3 Å². The van der Waals surface area contributed by atoms with Gasteiger partial charge in [0.2, 0.25) is 0 Å². The Morgan fingerprint density at radius 2 is 1.29 bits per heavy atom. The van der Waals surface area contributed by atoms with Gasteiger partial charge in [-0.1, -0.05) is 51.0 Å². The second kappa shape index (κ2) is 5.68. The van der Waals surface area contributed by atoms with E-state index in [0.717, 1.165) is 12.1 Å². The summed E-state index contributed by atoms with van der Waals surface area (Å²) in [6.07, 6.45) is -10.1. The molecule has 0 aliphatic carbocycles. The Morgan fingerprint density at radius 3 is 1.81 bits per heavy atom. The van der Waals surface area contributed by atoms with Gasteiger partial charge in [0.15, 0.2) is 0 Å². The fraction of sp³-hybridized carbons (Fsp3) is 0.143. The molecule has 0 aliphatic rings. The molecule has 0 bridgehead atoms. The molecule has 0 heterocycles. The SMILES string of the molecule is FC(F)(F)c1cccc(Pc2ccccc2)c1C(F)(F)F. The molecule has 0 spiro atoms. The summed E-state index contributed by atoms with van der Waals surface area (Å²) < 4.78 is 77.5. The summed E-state index contributed by atoms with van der Waals surface area (Å²) >= 11 is 0. The smallest absolute Gasteiger partial charge is 0.166 e. The lowest BCUT2D eigenvalue weighted by Gasteiger charge is -2.19. The van der Waals surface area contributed by atoms with Gasteiger partial charge in [0.25, 0.3) is 0 Å². The molecular formula is C14H9F6P. The van der Waals surface area contributed by atoms with Crippen molar-refractivity contribution >= 4 is 19.2 Å². The molecule has 0 saturated heterocycles. The molecule has 0 aromatic heterocycles. The highest BCUT2D eigenvalue weighted by molar-refractivity contribution is 7.55. The van der Waals surface area contributed by atoms with Crippen molar-refractivity contribution in [2.24, 2.45) is 0 Å². The van der Waals surface area contributed by atoms with E-state index in [4.69, 9.17) is 0 Å². The van der Waals surface area contributed by atoms with Gasteiger partial charge in [-0.3, -0.25) is 0 Å². The van der Waals surface area contributed by atoms with Crippen LogP contribution >= 0.6 is 8.58 Å². The van der Waals surface area contributed by atoms with Crippen molar-refractivity contribution < 1.29 is 26.3 Å². The minimum atomic E-state index is -5.05. The number of hydrogen-bond acceptors (Lipinski definition) is 0. The van der Waals surface area contributed by atoms with E-state index < -0.39 is 32.1 Å². The first kappa shape index (κ1) is 15.8. The first-order valence-electron chi connectivity index (χ1n) is 5.79. The second-order valence-electron chi connectivity index (χ2n) is 4.21. The van der Waals surface area contributed by atoms with E-state index in [9.17, 15) is 26.3 Å². The molecular weight excluding hydrogens is 313 g/mol. The molecule has 2 rings (SSSR count). The summed E-state index contributed by atoms with van der Waals surface area (Å²) in [4.78, 5) is 0. The molecule has 0 nitrogen and oxygen atoms in total. The van der Waals surface area contributed by atoms with Crippen LogP contribution in [0.4, 0.5) is 26.3 Å². The third-order valence-corrected chi connectivity index (χ3v) is 4.01. The quantitative estimate of drug-likeness (QED) is 0.569. The van der Waals surface area contributed by atoms with Crippen molar-refractivity contribution in [1.82, 2.24) is 0 Å². The molecule has 112 valence electrons. The first-order chi connectivity index (χ1) is 9.69. The molecule has 0 N–H and O–H groups in total. The third kappa shape index (κ3) is 3.76. The molecule has 1 atom stereocenters. The number of halogens is 6. The summed E-state index contributed by atoms with van der Waals surface area (Å²) in [7, 11) is -0.495. The highest BCUT2D eigenvalue weighted by atomic mass is 31.1. The molecule has 0 amide bonds. The molecule has 1 unspecified atom stereocenters. The zero-order chi connectivity index (χ0) is 15.7. The summed E-state index contributed by atoms with van der Waals surface area (Å²) in [6, 6.07) is 10.7. The van der Waals surface area contributed by atoms with Crippen LogP contribution in [-0.2, 0) is 12.4 Å². The lowest BCUT2D eigenvalue weighted by Crippen LogP contribution is -2.24. The monoisotopic (exact) mass is 322 g/mol. The number of hydrogen-bond donors (Lipinski definition) is 0. The van der Waals surface area contributed by atoms with Crippen molar-refractivity contribution in [1.29, 1.82) is 0 Å². The van der Waals surface area contributed by atoms with Gasteiger partial charge < -0.3 is 0 Å². The topological polar surface area (TPSA) is 0 Å². The molecule has 2 aromatic rings. The fourth-order valence-electron chi connectivity index (χ4n) is 1.88. The average molecular weight is 322 g/mol. The maximum absolute atomic E-state index is 13.0. The number of benzene rings is 2. The predicted octanol–water partition coefficient (Wildman–Crippen LogP) is 4.35. The highest BCUT2D eigenvalue weighted by Gasteiger charge is 2.44. The largest absolute Gasteiger partial charge is 0.417 e. The molecule has 7 heteroatoms. The molecule has 0 radical (unpaired) electrons. The highest BCUT2D eigenvalue weighted by Crippen LogP contribution is 2.40. The Hall–Kier alpha value is -1.55. The maximum atomic E-state index is 13.0. The van der Waals surface area contributed by atoms with Gasteiger partial charge in [-0.25, -0.2) is 0 Å². The lowest BCUT2D eigenvalue weighted by molar-refractivity contribution is -0.161. The van der Waals surface area contributed by atoms with Crippen LogP contribution in [0.1, 0.15) is 11.1 Å².